The maximum absolute atomic E-state index is 13.5. The van der Waals surface area contributed by atoms with Crippen molar-refractivity contribution in [3.63, 3.8) is 0 Å². The third kappa shape index (κ3) is 4.69. The normalized spacial score (nSPS) is 11.3. The molecule has 0 radical (unpaired) electrons. The topological polar surface area (TPSA) is 78.8 Å². The fourth-order valence-electron chi connectivity index (χ4n) is 3.73. The van der Waals surface area contributed by atoms with Crippen molar-refractivity contribution in [1.82, 2.24) is 9.66 Å². The molecular formula is C27H16BrCl2N3O4. The third-order valence-electron chi connectivity index (χ3n) is 5.44. The minimum Gasteiger partial charge on any atom is -0.493 e. The molecule has 5 aromatic rings. The highest BCUT2D eigenvalue weighted by molar-refractivity contribution is 9.10. The van der Waals surface area contributed by atoms with Gasteiger partial charge < -0.3 is 13.9 Å². The van der Waals surface area contributed by atoms with Crippen molar-refractivity contribution in [2.24, 2.45) is 5.10 Å². The predicted molar refractivity (Wildman–Crippen MR) is 149 cm³/mol. The lowest BCUT2D eigenvalue weighted by Crippen LogP contribution is -2.20. The summed E-state index contributed by atoms with van der Waals surface area (Å²) in [6.07, 6.45) is 6.76. The summed E-state index contributed by atoms with van der Waals surface area (Å²) >= 11 is 16.1. The van der Waals surface area contributed by atoms with Gasteiger partial charge in [0.15, 0.2) is 17.3 Å². The predicted octanol–water partition coefficient (Wildman–Crippen LogP) is 6.78. The number of ether oxygens (including phenoxy) is 2. The van der Waals surface area contributed by atoms with Crippen LogP contribution in [0.3, 0.4) is 0 Å². The lowest BCUT2D eigenvalue weighted by molar-refractivity contribution is 0.331. The molecule has 2 heterocycles. The van der Waals surface area contributed by atoms with E-state index < -0.39 is 0 Å². The Labute approximate surface area is 229 Å². The first-order valence-corrected chi connectivity index (χ1v) is 12.3. The Hall–Kier alpha value is -3.77. The lowest BCUT2D eigenvalue weighted by Gasteiger charge is -2.13. The van der Waals surface area contributed by atoms with Crippen molar-refractivity contribution in [2.75, 3.05) is 13.7 Å². The largest absolute Gasteiger partial charge is 0.493 e. The minimum absolute atomic E-state index is 0.0141. The molecule has 0 unspecified atom stereocenters. The summed E-state index contributed by atoms with van der Waals surface area (Å²) in [5, 5.41) is 6.44. The second-order valence-corrected chi connectivity index (χ2v) is 9.33. The third-order valence-corrected chi connectivity index (χ3v) is 7.12. The molecule has 10 heteroatoms. The van der Waals surface area contributed by atoms with E-state index in [0.29, 0.717) is 43.1 Å². The molecule has 0 aliphatic carbocycles. The van der Waals surface area contributed by atoms with Crippen LogP contribution in [0.4, 0.5) is 0 Å². The zero-order valence-corrected chi connectivity index (χ0v) is 22.3. The van der Waals surface area contributed by atoms with Crippen LogP contribution >= 0.6 is 39.1 Å². The van der Waals surface area contributed by atoms with Crippen LogP contribution in [0.5, 0.6) is 11.5 Å². The van der Waals surface area contributed by atoms with Crippen LogP contribution in [0.2, 0.25) is 10.0 Å². The van der Waals surface area contributed by atoms with Crippen molar-refractivity contribution in [2.45, 2.75) is 0 Å². The molecule has 0 saturated heterocycles. The van der Waals surface area contributed by atoms with Crippen LogP contribution in [0.25, 0.3) is 33.5 Å². The van der Waals surface area contributed by atoms with Gasteiger partial charge in [0.1, 0.15) is 17.2 Å². The van der Waals surface area contributed by atoms with E-state index in [9.17, 15) is 4.79 Å². The van der Waals surface area contributed by atoms with E-state index in [2.05, 4.69) is 31.9 Å². The van der Waals surface area contributed by atoms with Gasteiger partial charge in [0.05, 0.1) is 24.2 Å². The maximum atomic E-state index is 13.5. The molecule has 3 aromatic carbocycles. The first-order chi connectivity index (χ1) is 17.9. The molecular weight excluding hydrogens is 581 g/mol. The highest BCUT2D eigenvalue weighted by Gasteiger charge is 2.19. The van der Waals surface area contributed by atoms with E-state index in [-0.39, 0.29) is 28.8 Å². The number of furan rings is 1. The number of terminal acetylenes is 1. The Bertz CT molecular complexity index is 1800. The fraction of sp³-hybridized carbons (Fsp3) is 0.0741. The van der Waals surface area contributed by atoms with Gasteiger partial charge in [-0.05, 0) is 58.4 Å². The standard InChI is InChI=1S/C27H16BrCl2N3O4/c1-3-10-36-25-21(35-2)13-16(23(28)24(25)30)14-31-33-26(32-19-7-5-4-6-18(19)27(33)34)22-12-15-11-17(29)8-9-20(15)37-22/h1,4-9,11-14H,10H2,2H3. The van der Waals surface area contributed by atoms with E-state index in [1.807, 2.05) is 0 Å². The summed E-state index contributed by atoms with van der Waals surface area (Å²) in [6.45, 7) is 0.0141. The molecule has 0 atom stereocenters. The summed E-state index contributed by atoms with van der Waals surface area (Å²) in [5.41, 5.74) is 1.25. The zero-order valence-electron chi connectivity index (χ0n) is 19.2. The Morgan fingerprint density at radius 3 is 2.81 bits per heavy atom. The van der Waals surface area contributed by atoms with E-state index in [1.54, 1.807) is 54.6 Å². The SMILES string of the molecule is C#CCOc1c(OC)cc(C=Nn2c(-c3cc4cc(Cl)ccc4o3)nc3ccccc3c2=O)c(Br)c1Cl. The molecule has 0 fully saturated rings. The molecule has 0 aliphatic rings. The number of para-hydroxylation sites is 1. The van der Waals surface area contributed by atoms with Crippen LogP contribution in [0, 0.1) is 12.3 Å². The minimum atomic E-state index is -0.376. The first-order valence-electron chi connectivity index (χ1n) is 10.8. The van der Waals surface area contributed by atoms with Gasteiger partial charge in [-0.15, -0.1) is 6.42 Å². The van der Waals surface area contributed by atoms with Gasteiger partial charge in [-0.25, -0.2) is 4.98 Å². The van der Waals surface area contributed by atoms with Crippen molar-refractivity contribution < 1.29 is 13.9 Å². The number of methoxy groups -OCH3 is 1. The van der Waals surface area contributed by atoms with Gasteiger partial charge in [0, 0.05) is 20.4 Å². The number of nitrogens with zero attached hydrogens (tertiary/aromatic N) is 3. The van der Waals surface area contributed by atoms with Crippen LogP contribution in [0.1, 0.15) is 5.56 Å². The van der Waals surface area contributed by atoms with Crippen LogP contribution in [-0.4, -0.2) is 29.6 Å². The van der Waals surface area contributed by atoms with E-state index in [4.69, 9.17) is 43.5 Å². The fourth-order valence-corrected chi connectivity index (χ4v) is 4.57. The van der Waals surface area contributed by atoms with Gasteiger partial charge in [0.25, 0.3) is 5.56 Å². The van der Waals surface area contributed by atoms with E-state index >= 15 is 0 Å². The quantitative estimate of drug-likeness (QED) is 0.159. The average Bonchev–Trinajstić information content (AvgIpc) is 3.32. The molecule has 0 spiro atoms. The number of rotatable bonds is 6. The van der Waals surface area contributed by atoms with Crippen molar-refractivity contribution in [3.05, 3.63) is 85.0 Å². The zero-order chi connectivity index (χ0) is 26.1. The van der Waals surface area contributed by atoms with Crippen LogP contribution in [-0.2, 0) is 0 Å². The molecule has 37 heavy (non-hydrogen) atoms. The molecule has 0 aliphatic heterocycles. The Morgan fingerprint density at radius 1 is 1.22 bits per heavy atom. The second-order valence-electron chi connectivity index (χ2n) is 7.72. The van der Waals surface area contributed by atoms with Crippen molar-refractivity contribution in [1.29, 1.82) is 0 Å². The number of halogens is 3. The molecule has 0 N–H and O–H groups in total. The summed E-state index contributed by atoms with van der Waals surface area (Å²) in [5.74, 6) is 3.60. The molecule has 0 bridgehead atoms. The lowest BCUT2D eigenvalue weighted by atomic mass is 10.2. The van der Waals surface area contributed by atoms with Gasteiger partial charge >= 0.3 is 0 Å². The summed E-state index contributed by atoms with van der Waals surface area (Å²) in [6, 6.07) is 15.7. The summed E-state index contributed by atoms with van der Waals surface area (Å²) < 4.78 is 18.6. The average molecular weight is 597 g/mol. The molecule has 0 amide bonds. The number of aromatic nitrogens is 2. The van der Waals surface area contributed by atoms with Gasteiger partial charge in [-0.1, -0.05) is 41.3 Å². The molecule has 5 rings (SSSR count). The number of hydrogen-bond donors (Lipinski definition) is 0. The van der Waals surface area contributed by atoms with Crippen molar-refractivity contribution >= 4 is 67.2 Å². The summed E-state index contributed by atoms with van der Waals surface area (Å²) in [7, 11) is 1.48. The van der Waals surface area contributed by atoms with Crippen LogP contribution < -0.4 is 15.0 Å². The Morgan fingerprint density at radius 2 is 2.03 bits per heavy atom. The highest BCUT2D eigenvalue weighted by Crippen LogP contribution is 2.42. The van der Waals surface area contributed by atoms with Gasteiger partial charge in [-0.3, -0.25) is 4.79 Å². The number of fused-ring (bicyclic) bond motifs is 2. The van der Waals surface area contributed by atoms with E-state index in [0.717, 1.165) is 5.39 Å². The first kappa shape index (κ1) is 24.9. The smallest absolute Gasteiger partial charge is 0.282 e. The van der Waals surface area contributed by atoms with Gasteiger partial charge in [0.2, 0.25) is 5.82 Å². The molecule has 2 aromatic heterocycles. The van der Waals surface area contributed by atoms with Gasteiger partial charge in [-0.2, -0.15) is 9.78 Å². The second kappa shape index (κ2) is 10.3. The number of benzene rings is 3. The number of hydrogen-bond acceptors (Lipinski definition) is 6. The molecule has 0 saturated carbocycles. The van der Waals surface area contributed by atoms with Crippen molar-refractivity contribution in [3.8, 4) is 35.4 Å². The summed E-state index contributed by atoms with van der Waals surface area (Å²) in [4.78, 5) is 18.2. The highest BCUT2D eigenvalue weighted by atomic mass is 79.9. The van der Waals surface area contributed by atoms with Crippen LogP contribution in [0.15, 0.2) is 73.4 Å². The molecule has 7 nitrogen and oxygen atoms in total. The monoisotopic (exact) mass is 595 g/mol. The van der Waals surface area contributed by atoms with E-state index in [1.165, 1.54) is 18.0 Å². The molecule has 184 valence electrons. The maximum Gasteiger partial charge on any atom is 0.282 e. The Balaban J connectivity index is 1.69. The Kier molecular flexibility index (Phi) is 6.94.